The van der Waals surface area contributed by atoms with Crippen LogP contribution in [0.3, 0.4) is 0 Å². The second-order valence-corrected chi connectivity index (χ2v) is 9.17. The third kappa shape index (κ3) is 6.53. The topological polar surface area (TPSA) is 124 Å². The summed E-state index contributed by atoms with van der Waals surface area (Å²) in [5, 5.41) is 9.06. The van der Waals surface area contributed by atoms with Crippen molar-refractivity contribution in [3.05, 3.63) is 85.1 Å². The summed E-state index contributed by atoms with van der Waals surface area (Å²) in [6.45, 7) is 7.96. The van der Waals surface area contributed by atoms with E-state index >= 15 is 0 Å². The Morgan fingerprint density at radius 2 is 1.73 bits per heavy atom. The first-order chi connectivity index (χ1) is 19.5. The largest absolute Gasteiger partial charge is 0.369 e. The molecule has 204 valence electrons. The lowest BCUT2D eigenvalue weighted by molar-refractivity contribution is 0.0958. The monoisotopic (exact) mass is 540 g/mol. The van der Waals surface area contributed by atoms with Crippen molar-refractivity contribution in [1.82, 2.24) is 35.1 Å². The van der Waals surface area contributed by atoms with Gasteiger partial charge < -0.3 is 25.8 Å². The molecule has 5 rings (SSSR count). The number of amides is 1. The maximum atomic E-state index is 13.3. The molecule has 40 heavy (non-hydrogen) atoms. The minimum Gasteiger partial charge on any atom is -0.369 e. The average molecular weight is 541 g/mol. The molecule has 0 atom stereocenters. The molecule has 1 saturated heterocycles. The molecule has 3 N–H and O–H groups in total. The zero-order valence-corrected chi connectivity index (χ0v) is 22.0. The summed E-state index contributed by atoms with van der Waals surface area (Å²) < 4.78 is 13.3. The van der Waals surface area contributed by atoms with E-state index in [9.17, 15) is 9.18 Å². The molecule has 1 aliphatic heterocycles. The Morgan fingerprint density at radius 3 is 2.45 bits per heavy atom. The van der Waals surface area contributed by atoms with Crippen LogP contribution >= 0.6 is 0 Å². The third-order valence-corrected chi connectivity index (χ3v) is 6.28. The van der Waals surface area contributed by atoms with Crippen LogP contribution in [0.25, 0.3) is 11.5 Å². The number of aromatic nitrogens is 5. The van der Waals surface area contributed by atoms with Gasteiger partial charge in [0.05, 0.1) is 12.4 Å². The van der Waals surface area contributed by atoms with Gasteiger partial charge in [-0.05, 0) is 43.4 Å². The number of nitrogens with zero attached hydrogens (tertiary/aromatic N) is 7. The Kier molecular flexibility index (Phi) is 8.16. The van der Waals surface area contributed by atoms with Crippen molar-refractivity contribution in [3.63, 3.8) is 0 Å². The van der Waals surface area contributed by atoms with Gasteiger partial charge in [-0.3, -0.25) is 4.79 Å². The quantitative estimate of drug-likeness (QED) is 0.271. The lowest BCUT2D eigenvalue weighted by Crippen LogP contribution is -2.44. The average Bonchev–Trinajstić information content (AvgIpc) is 2.97. The van der Waals surface area contributed by atoms with Crippen molar-refractivity contribution in [3.8, 4) is 11.5 Å². The van der Waals surface area contributed by atoms with E-state index in [1.165, 1.54) is 6.20 Å². The standard InChI is InChI=1S/C28H29FN10O/c1-3-11-30-27(40)22-18-33-28(34-20-7-9-21(10-8-20)39-14-12-38(2)13-15-39)37-25(22)36-24-6-4-5-23(35-24)26-31-16-19(29)17-32-26/h3-10,16-18H,1,11-15H2,2H3,(H,30,40)(H2,33,34,35,36,37). The first kappa shape index (κ1) is 26.6. The number of benzene rings is 1. The number of rotatable bonds is 9. The fraction of sp³-hybridized carbons (Fsp3) is 0.214. The van der Waals surface area contributed by atoms with Gasteiger partial charge in [-0.1, -0.05) is 12.1 Å². The smallest absolute Gasteiger partial charge is 0.256 e. The van der Waals surface area contributed by atoms with Crippen LogP contribution in [0.1, 0.15) is 10.4 Å². The second kappa shape index (κ2) is 12.3. The Morgan fingerprint density at radius 1 is 0.975 bits per heavy atom. The van der Waals surface area contributed by atoms with E-state index in [0.717, 1.165) is 49.9 Å². The number of anilines is 5. The normalized spacial score (nSPS) is 13.5. The Hall–Kier alpha value is -4.97. The van der Waals surface area contributed by atoms with Gasteiger partial charge in [0.1, 0.15) is 22.9 Å². The molecule has 11 nitrogen and oxygen atoms in total. The van der Waals surface area contributed by atoms with Gasteiger partial charge in [0.25, 0.3) is 5.91 Å². The summed E-state index contributed by atoms with van der Waals surface area (Å²) in [6, 6.07) is 13.2. The summed E-state index contributed by atoms with van der Waals surface area (Å²) in [5.74, 6) is 0.293. The molecule has 0 unspecified atom stereocenters. The van der Waals surface area contributed by atoms with Crippen molar-refractivity contribution in [2.75, 3.05) is 55.3 Å². The maximum Gasteiger partial charge on any atom is 0.256 e. The van der Waals surface area contributed by atoms with Gasteiger partial charge in [0, 0.05) is 50.3 Å². The van der Waals surface area contributed by atoms with E-state index in [0.29, 0.717) is 17.5 Å². The molecule has 0 radical (unpaired) electrons. The first-order valence-corrected chi connectivity index (χ1v) is 12.8. The number of carbonyl (C=O) groups excluding carboxylic acids is 1. The van der Waals surface area contributed by atoms with Crippen LogP contribution in [-0.4, -0.2) is 75.5 Å². The summed E-state index contributed by atoms with van der Waals surface area (Å²) in [6.07, 6.45) is 5.18. The third-order valence-electron chi connectivity index (χ3n) is 6.28. The van der Waals surface area contributed by atoms with Crippen molar-refractivity contribution in [1.29, 1.82) is 0 Å². The van der Waals surface area contributed by atoms with Crippen molar-refractivity contribution in [2.24, 2.45) is 0 Å². The number of piperazine rings is 1. The Bertz CT molecular complexity index is 1470. The molecular weight excluding hydrogens is 511 g/mol. The predicted octanol–water partition coefficient (Wildman–Crippen LogP) is 3.62. The fourth-order valence-electron chi connectivity index (χ4n) is 4.11. The summed E-state index contributed by atoms with van der Waals surface area (Å²) >= 11 is 0. The van der Waals surface area contributed by atoms with Gasteiger partial charge in [-0.25, -0.2) is 24.3 Å². The molecule has 4 heterocycles. The first-order valence-electron chi connectivity index (χ1n) is 12.8. The van der Waals surface area contributed by atoms with Crippen LogP contribution in [0, 0.1) is 5.82 Å². The zero-order chi connectivity index (χ0) is 27.9. The van der Waals surface area contributed by atoms with Gasteiger partial charge in [0.15, 0.2) is 11.6 Å². The zero-order valence-electron chi connectivity index (χ0n) is 22.0. The highest BCUT2D eigenvalue weighted by atomic mass is 19.1. The van der Waals surface area contributed by atoms with E-state index < -0.39 is 5.82 Å². The number of carbonyl (C=O) groups is 1. The minimum atomic E-state index is -0.539. The van der Waals surface area contributed by atoms with Gasteiger partial charge in [0.2, 0.25) is 5.95 Å². The lowest BCUT2D eigenvalue weighted by atomic mass is 10.2. The lowest BCUT2D eigenvalue weighted by Gasteiger charge is -2.34. The van der Waals surface area contributed by atoms with Crippen molar-refractivity contribution < 1.29 is 9.18 Å². The van der Waals surface area contributed by atoms with E-state index in [2.05, 4.69) is 76.4 Å². The van der Waals surface area contributed by atoms with Gasteiger partial charge in [-0.15, -0.1) is 6.58 Å². The highest BCUT2D eigenvalue weighted by molar-refractivity contribution is 5.99. The van der Waals surface area contributed by atoms with Crippen LogP contribution in [0.5, 0.6) is 0 Å². The van der Waals surface area contributed by atoms with Crippen LogP contribution in [0.2, 0.25) is 0 Å². The van der Waals surface area contributed by atoms with Gasteiger partial charge in [-0.2, -0.15) is 4.98 Å². The van der Waals surface area contributed by atoms with Crippen molar-refractivity contribution >= 4 is 34.9 Å². The molecule has 1 aliphatic rings. The molecule has 3 aromatic heterocycles. The van der Waals surface area contributed by atoms with E-state index in [-0.39, 0.29) is 29.7 Å². The summed E-state index contributed by atoms with van der Waals surface area (Å²) in [4.78, 5) is 38.9. The second-order valence-electron chi connectivity index (χ2n) is 9.17. The van der Waals surface area contributed by atoms with Crippen molar-refractivity contribution in [2.45, 2.75) is 0 Å². The van der Waals surface area contributed by atoms with E-state index in [1.807, 2.05) is 12.1 Å². The van der Waals surface area contributed by atoms with Crippen LogP contribution in [0.4, 0.5) is 33.3 Å². The highest BCUT2D eigenvalue weighted by Gasteiger charge is 2.17. The summed E-state index contributed by atoms with van der Waals surface area (Å²) in [7, 11) is 2.13. The van der Waals surface area contributed by atoms with E-state index in [4.69, 9.17) is 0 Å². The van der Waals surface area contributed by atoms with E-state index in [1.54, 1.807) is 24.3 Å². The molecule has 1 aromatic carbocycles. The molecule has 12 heteroatoms. The number of hydrogen-bond acceptors (Lipinski definition) is 10. The summed E-state index contributed by atoms with van der Waals surface area (Å²) in [5.41, 5.74) is 2.62. The number of pyridine rings is 1. The fourth-order valence-corrected chi connectivity index (χ4v) is 4.11. The predicted molar refractivity (Wildman–Crippen MR) is 153 cm³/mol. The molecule has 4 aromatic rings. The van der Waals surface area contributed by atoms with Crippen LogP contribution in [-0.2, 0) is 0 Å². The molecule has 1 fully saturated rings. The number of likely N-dealkylation sites (N-methyl/N-ethyl adjacent to an activating group) is 1. The molecular formula is C28H29FN10O. The number of nitrogens with one attached hydrogen (secondary N) is 3. The maximum absolute atomic E-state index is 13.3. The highest BCUT2D eigenvalue weighted by Crippen LogP contribution is 2.24. The molecule has 0 saturated carbocycles. The number of halogens is 1. The molecule has 1 amide bonds. The molecule has 0 aliphatic carbocycles. The SMILES string of the molecule is C=CCNC(=O)c1cnc(Nc2ccc(N3CCN(C)CC3)cc2)nc1Nc1cccc(-c2ncc(F)cn2)n1. The minimum absolute atomic E-state index is 0.225. The molecule has 0 bridgehead atoms. The van der Waals surface area contributed by atoms with Gasteiger partial charge >= 0.3 is 0 Å². The van der Waals surface area contributed by atoms with Crippen LogP contribution in [0.15, 0.2) is 73.7 Å². The number of hydrogen-bond donors (Lipinski definition) is 3. The molecule has 0 spiro atoms. The Labute approximate surface area is 231 Å². The van der Waals surface area contributed by atoms with Crippen LogP contribution < -0.4 is 20.9 Å². The Balaban J connectivity index is 1.37.